The molecule has 84 valence electrons. The SMILES string of the molecule is CC(N)c1cnn(C2CCCN(C)C2)c1. The topological polar surface area (TPSA) is 47.1 Å². The van der Waals surface area contributed by atoms with E-state index in [1.807, 2.05) is 13.1 Å². The van der Waals surface area contributed by atoms with Gasteiger partial charge in [0.05, 0.1) is 12.2 Å². The molecule has 1 aliphatic rings. The highest BCUT2D eigenvalue weighted by atomic mass is 15.3. The molecule has 0 aliphatic carbocycles. The van der Waals surface area contributed by atoms with Crippen LogP contribution >= 0.6 is 0 Å². The summed E-state index contributed by atoms with van der Waals surface area (Å²) >= 11 is 0. The molecule has 2 atom stereocenters. The van der Waals surface area contributed by atoms with Crippen molar-refractivity contribution in [3.63, 3.8) is 0 Å². The molecule has 1 aromatic heterocycles. The molecular formula is C11H20N4. The zero-order valence-corrected chi connectivity index (χ0v) is 9.56. The van der Waals surface area contributed by atoms with Gasteiger partial charge in [0.15, 0.2) is 0 Å². The summed E-state index contributed by atoms with van der Waals surface area (Å²) in [5.74, 6) is 0. The van der Waals surface area contributed by atoms with E-state index in [0.717, 1.165) is 12.1 Å². The van der Waals surface area contributed by atoms with Gasteiger partial charge in [0.2, 0.25) is 0 Å². The first kappa shape index (κ1) is 10.6. The molecule has 1 saturated heterocycles. The van der Waals surface area contributed by atoms with Crippen LogP contribution in [0.1, 0.15) is 37.4 Å². The molecule has 15 heavy (non-hydrogen) atoms. The Kier molecular flexibility index (Phi) is 3.07. The predicted octanol–water partition coefficient (Wildman–Crippen LogP) is 1.17. The summed E-state index contributed by atoms with van der Waals surface area (Å²) in [7, 11) is 2.17. The second kappa shape index (κ2) is 4.33. The lowest BCUT2D eigenvalue weighted by Crippen LogP contribution is -2.33. The highest BCUT2D eigenvalue weighted by Crippen LogP contribution is 2.21. The van der Waals surface area contributed by atoms with Gasteiger partial charge in [-0.1, -0.05) is 0 Å². The van der Waals surface area contributed by atoms with Crippen molar-refractivity contribution in [3.05, 3.63) is 18.0 Å². The van der Waals surface area contributed by atoms with Gasteiger partial charge in [-0.05, 0) is 33.4 Å². The Labute approximate surface area is 91.1 Å². The van der Waals surface area contributed by atoms with Crippen molar-refractivity contribution >= 4 is 0 Å². The van der Waals surface area contributed by atoms with Crippen molar-refractivity contribution in [1.29, 1.82) is 0 Å². The number of rotatable bonds is 2. The minimum atomic E-state index is 0.0834. The van der Waals surface area contributed by atoms with Gasteiger partial charge in [-0.25, -0.2) is 0 Å². The summed E-state index contributed by atoms with van der Waals surface area (Å²) < 4.78 is 2.08. The summed E-state index contributed by atoms with van der Waals surface area (Å²) in [6.45, 7) is 4.30. The van der Waals surface area contributed by atoms with Crippen molar-refractivity contribution in [1.82, 2.24) is 14.7 Å². The zero-order chi connectivity index (χ0) is 10.8. The summed E-state index contributed by atoms with van der Waals surface area (Å²) in [4.78, 5) is 2.36. The zero-order valence-electron chi connectivity index (χ0n) is 9.56. The van der Waals surface area contributed by atoms with Crippen molar-refractivity contribution < 1.29 is 0 Å². The Hall–Kier alpha value is -0.870. The minimum Gasteiger partial charge on any atom is -0.324 e. The smallest absolute Gasteiger partial charge is 0.0646 e. The number of likely N-dealkylation sites (tertiary alicyclic amines) is 1. The van der Waals surface area contributed by atoms with Crippen LogP contribution in [-0.4, -0.2) is 34.8 Å². The molecule has 2 heterocycles. The van der Waals surface area contributed by atoms with Crippen LogP contribution in [-0.2, 0) is 0 Å². The maximum Gasteiger partial charge on any atom is 0.0646 e. The number of aromatic nitrogens is 2. The van der Waals surface area contributed by atoms with Gasteiger partial charge in [-0.3, -0.25) is 4.68 Å². The Morgan fingerprint density at radius 2 is 2.40 bits per heavy atom. The van der Waals surface area contributed by atoms with Crippen LogP contribution in [0, 0.1) is 0 Å². The Bertz CT molecular complexity index is 318. The average molecular weight is 208 g/mol. The van der Waals surface area contributed by atoms with Gasteiger partial charge in [0, 0.05) is 24.3 Å². The van der Waals surface area contributed by atoms with Gasteiger partial charge in [-0.15, -0.1) is 0 Å². The molecule has 0 aromatic carbocycles. The first-order chi connectivity index (χ1) is 7.16. The predicted molar refractivity (Wildman–Crippen MR) is 60.6 cm³/mol. The third kappa shape index (κ3) is 2.38. The first-order valence-electron chi connectivity index (χ1n) is 5.65. The van der Waals surface area contributed by atoms with E-state index < -0.39 is 0 Å². The first-order valence-corrected chi connectivity index (χ1v) is 5.65. The van der Waals surface area contributed by atoms with E-state index in [9.17, 15) is 0 Å². The van der Waals surface area contributed by atoms with E-state index in [1.165, 1.54) is 19.4 Å². The van der Waals surface area contributed by atoms with Crippen LogP contribution in [0.25, 0.3) is 0 Å². The van der Waals surface area contributed by atoms with Crippen LogP contribution in [0.4, 0.5) is 0 Å². The van der Waals surface area contributed by atoms with Gasteiger partial charge in [0.1, 0.15) is 0 Å². The van der Waals surface area contributed by atoms with E-state index in [1.54, 1.807) is 0 Å². The van der Waals surface area contributed by atoms with Gasteiger partial charge in [-0.2, -0.15) is 5.10 Å². The second-order valence-electron chi connectivity index (χ2n) is 4.60. The van der Waals surface area contributed by atoms with Crippen LogP contribution in [0.5, 0.6) is 0 Å². The second-order valence-corrected chi connectivity index (χ2v) is 4.60. The molecule has 0 bridgehead atoms. The quantitative estimate of drug-likeness (QED) is 0.793. The van der Waals surface area contributed by atoms with Crippen molar-refractivity contribution in [2.45, 2.75) is 31.8 Å². The third-order valence-corrected chi connectivity index (χ3v) is 3.12. The van der Waals surface area contributed by atoms with Gasteiger partial charge in [0.25, 0.3) is 0 Å². The number of nitrogens with zero attached hydrogens (tertiary/aromatic N) is 3. The molecule has 4 heteroatoms. The summed E-state index contributed by atoms with van der Waals surface area (Å²) in [6, 6.07) is 0.608. The summed E-state index contributed by atoms with van der Waals surface area (Å²) in [5.41, 5.74) is 6.95. The molecular weight excluding hydrogens is 188 g/mol. The molecule has 1 aliphatic heterocycles. The number of piperidine rings is 1. The molecule has 0 spiro atoms. The highest BCUT2D eigenvalue weighted by Gasteiger charge is 2.19. The lowest BCUT2D eigenvalue weighted by molar-refractivity contribution is 0.202. The molecule has 4 nitrogen and oxygen atoms in total. The van der Waals surface area contributed by atoms with Crippen LogP contribution in [0.15, 0.2) is 12.4 Å². The van der Waals surface area contributed by atoms with Crippen molar-refractivity contribution in [3.8, 4) is 0 Å². The van der Waals surface area contributed by atoms with Crippen LogP contribution in [0.3, 0.4) is 0 Å². The molecule has 0 amide bonds. The number of hydrogen-bond acceptors (Lipinski definition) is 3. The Balaban J connectivity index is 2.08. The lowest BCUT2D eigenvalue weighted by atomic mass is 10.1. The number of nitrogens with two attached hydrogens (primary N) is 1. The maximum absolute atomic E-state index is 5.82. The van der Waals surface area contributed by atoms with Crippen LogP contribution < -0.4 is 5.73 Å². The highest BCUT2D eigenvalue weighted by molar-refractivity contribution is 5.09. The fourth-order valence-corrected chi connectivity index (χ4v) is 2.14. The van der Waals surface area contributed by atoms with E-state index in [2.05, 4.69) is 27.9 Å². The minimum absolute atomic E-state index is 0.0834. The third-order valence-electron chi connectivity index (χ3n) is 3.12. The van der Waals surface area contributed by atoms with Crippen molar-refractivity contribution in [2.24, 2.45) is 5.73 Å². The molecule has 1 fully saturated rings. The number of likely N-dealkylation sites (N-methyl/N-ethyl adjacent to an activating group) is 1. The fraction of sp³-hybridized carbons (Fsp3) is 0.727. The fourth-order valence-electron chi connectivity index (χ4n) is 2.14. The van der Waals surface area contributed by atoms with Gasteiger partial charge < -0.3 is 10.6 Å². The molecule has 2 rings (SSSR count). The maximum atomic E-state index is 5.82. The van der Waals surface area contributed by atoms with Crippen LogP contribution in [0.2, 0.25) is 0 Å². The molecule has 2 N–H and O–H groups in total. The molecule has 1 aromatic rings. The monoisotopic (exact) mass is 208 g/mol. The molecule has 0 saturated carbocycles. The Morgan fingerprint density at radius 3 is 3.00 bits per heavy atom. The van der Waals surface area contributed by atoms with Crippen molar-refractivity contribution in [2.75, 3.05) is 20.1 Å². The summed E-state index contributed by atoms with van der Waals surface area (Å²) in [6.07, 6.45) is 6.46. The van der Waals surface area contributed by atoms with E-state index in [4.69, 9.17) is 5.73 Å². The number of hydrogen-bond donors (Lipinski definition) is 1. The average Bonchev–Trinajstić information content (AvgIpc) is 2.66. The lowest BCUT2D eigenvalue weighted by Gasteiger charge is -2.29. The molecule has 2 unspecified atom stereocenters. The largest absolute Gasteiger partial charge is 0.324 e. The molecule has 0 radical (unpaired) electrons. The van der Waals surface area contributed by atoms with E-state index in [-0.39, 0.29) is 6.04 Å². The summed E-state index contributed by atoms with van der Waals surface area (Å²) in [5, 5.41) is 4.41. The van der Waals surface area contributed by atoms with E-state index >= 15 is 0 Å². The normalized spacial score (nSPS) is 25.4. The van der Waals surface area contributed by atoms with Gasteiger partial charge >= 0.3 is 0 Å². The standard InChI is InChI=1S/C11H20N4/c1-9(12)10-6-13-15(7-10)11-4-3-5-14(2)8-11/h6-7,9,11H,3-5,8,12H2,1-2H3. The van der Waals surface area contributed by atoms with E-state index in [0.29, 0.717) is 6.04 Å². The Morgan fingerprint density at radius 1 is 1.60 bits per heavy atom.